The van der Waals surface area contributed by atoms with Gasteiger partial charge in [0.1, 0.15) is 0 Å². The van der Waals surface area contributed by atoms with Crippen LogP contribution in [0, 0.1) is 0 Å². The Kier molecular flexibility index (Phi) is 5.00. The molecule has 25 heavy (non-hydrogen) atoms. The summed E-state index contributed by atoms with van der Waals surface area (Å²) in [6, 6.07) is 14.9. The zero-order valence-corrected chi connectivity index (χ0v) is 14.4. The van der Waals surface area contributed by atoms with Gasteiger partial charge in [-0.1, -0.05) is 24.3 Å². The topological polar surface area (TPSA) is 67.5 Å². The number of carbonyl (C=O) groups is 1. The fourth-order valence-corrected chi connectivity index (χ4v) is 2.79. The number of benzene rings is 2. The minimum absolute atomic E-state index is 0.0916. The van der Waals surface area contributed by atoms with Gasteiger partial charge in [0.2, 0.25) is 0 Å². The van der Waals surface area contributed by atoms with Gasteiger partial charge < -0.3 is 14.6 Å². The fraction of sp³-hybridized carbons (Fsp3) is 0.263. The van der Waals surface area contributed by atoms with Crippen molar-refractivity contribution in [3.05, 3.63) is 70.2 Å². The van der Waals surface area contributed by atoms with Crippen molar-refractivity contribution in [3.63, 3.8) is 0 Å². The first-order valence-corrected chi connectivity index (χ1v) is 8.16. The number of amides is 1. The van der Waals surface area contributed by atoms with Crippen molar-refractivity contribution in [2.24, 2.45) is 0 Å². The van der Waals surface area contributed by atoms with Crippen LogP contribution in [0.15, 0.2) is 57.7 Å². The van der Waals surface area contributed by atoms with Crippen LogP contribution in [0.2, 0.25) is 0 Å². The maximum atomic E-state index is 12.0. The highest BCUT2D eigenvalue weighted by Gasteiger charge is 2.09. The first kappa shape index (κ1) is 17.0. The summed E-state index contributed by atoms with van der Waals surface area (Å²) >= 11 is 0. The largest absolute Gasteiger partial charge is 0.419 e. The van der Waals surface area contributed by atoms with Gasteiger partial charge in [-0.15, -0.1) is 0 Å². The molecule has 0 saturated heterocycles. The maximum Gasteiger partial charge on any atom is 0.419 e. The Morgan fingerprint density at radius 3 is 2.60 bits per heavy atom. The molecule has 1 N–H and O–H groups in total. The molecule has 1 amide bonds. The molecule has 0 bridgehead atoms. The molecule has 1 heterocycles. The van der Waals surface area contributed by atoms with Crippen molar-refractivity contribution in [2.75, 3.05) is 20.6 Å². The Bertz CT molecular complexity index is 925. The van der Waals surface area contributed by atoms with Crippen LogP contribution in [0.4, 0.5) is 0 Å². The van der Waals surface area contributed by atoms with E-state index >= 15 is 0 Å². The van der Waals surface area contributed by atoms with Crippen LogP contribution >= 0.6 is 0 Å². The summed E-state index contributed by atoms with van der Waals surface area (Å²) in [6.07, 6.45) is 0. The van der Waals surface area contributed by atoms with Gasteiger partial charge in [0.25, 0.3) is 5.91 Å². The first-order chi connectivity index (χ1) is 12.1. The molecule has 6 nitrogen and oxygen atoms in total. The summed E-state index contributed by atoms with van der Waals surface area (Å²) in [5.74, 6) is -0.421. The van der Waals surface area contributed by atoms with E-state index in [1.165, 1.54) is 0 Å². The molecule has 0 atom stereocenters. The number of aromatic nitrogens is 1. The number of hydrogen-bond acceptors (Lipinski definition) is 4. The molecule has 1 aromatic heterocycles. The van der Waals surface area contributed by atoms with Crippen molar-refractivity contribution in [3.8, 4) is 0 Å². The highest BCUT2D eigenvalue weighted by molar-refractivity contribution is 5.93. The van der Waals surface area contributed by atoms with Gasteiger partial charge in [0, 0.05) is 32.2 Å². The Hall–Kier alpha value is -2.86. The number of likely N-dealkylation sites (N-methyl/N-ethyl adjacent to an activating group) is 1. The lowest BCUT2D eigenvalue weighted by molar-refractivity contribution is 0.0963. The highest BCUT2D eigenvalue weighted by atomic mass is 16.4. The summed E-state index contributed by atoms with van der Waals surface area (Å²) in [6.45, 7) is 2.00. The molecule has 3 aromatic rings. The predicted octanol–water partition coefficient (Wildman–Crippen LogP) is 2.09. The van der Waals surface area contributed by atoms with E-state index in [0.717, 1.165) is 17.6 Å². The molecule has 130 valence electrons. The zero-order chi connectivity index (χ0) is 17.8. The molecule has 0 aliphatic carbocycles. The van der Waals surface area contributed by atoms with Crippen LogP contribution in [-0.4, -0.2) is 36.0 Å². The number of para-hydroxylation sites is 2. The molecule has 0 aliphatic heterocycles. The third kappa shape index (κ3) is 3.80. The fourth-order valence-electron chi connectivity index (χ4n) is 2.79. The van der Waals surface area contributed by atoms with E-state index < -0.39 is 0 Å². The van der Waals surface area contributed by atoms with Gasteiger partial charge >= 0.3 is 5.76 Å². The monoisotopic (exact) mass is 339 g/mol. The van der Waals surface area contributed by atoms with Crippen molar-refractivity contribution in [2.45, 2.75) is 13.1 Å². The predicted molar refractivity (Wildman–Crippen MR) is 96.6 cm³/mol. The zero-order valence-electron chi connectivity index (χ0n) is 14.4. The van der Waals surface area contributed by atoms with Crippen molar-refractivity contribution >= 4 is 17.0 Å². The lowest BCUT2D eigenvalue weighted by Crippen LogP contribution is -2.26. The van der Waals surface area contributed by atoms with E-state index in [4.69, 9.17) is 4.42 Å². The smallest absolute Gasteiger partial charge is 0.408 e. The average molecular weight is 339 g/mol. The molecule has 0 radical (unpaired) electrons. The van der Waals surface area contributed by atoms with Gasteiger partial charge in [-0.2, -0.15) is 0 Å². The van der Waals surface area contributed by atoms with Crippen LogP contribution in [0.1, 0.15) is 15.9 Å². The van der Waals surface area contributed by atoms with E-state index in [-0.39, 0.29) is 11.7 Å². The molecule has 2 aromatic carbocycles. The Labute approximate surface area is 145 Å². The second-order valence-corrected chi connectivity index (χ2v) is 6.00. The number of nitrogens with one attached hydrogen (secondary N) is 1. The minimum atomic E-state index is -0.329. The number of nitrogens with zero attached hydrogens (tertiary/aromatic N) is 2. The summed E-state index contributed by atoms with van der Waals surface area (Å²) in [4.78, 5) is 25.7. The van der Waals surface area contributed by atoms with Crippen LogP contribution in [0.3, 0.4) is 0 Å². The van der Waals surface area contributed by atoms with Crippen molar-refractivity contribution in [1.82, 2.24) is 14.8 Å². The third-order valence-corrected chi connectivity index (χ3v) is 4.17. The van der Waals surface area contributed by atoms with E-state index in [1.54, 1.807) is 17.7 Å². The second-order valence-electron chi connectivity index (χ2n) is 6.00. The average Bonchev–Trinajstić information content (AvgIpc) is 2.95. The number of oxazole rings is 1. The van der Waals surface area contributed by atoms with Gasteiger partial charge in [0.05, 0.1) is 5.52 Å². The molecule has 0 aliphatic rings. The van der Waals surface area contributed by atoms with E-state index in [2.05, 4.69) is 10.2 Å². The molecular weight excluding hydrogens is 318 g/mol. The van der Waals surface area contributed by atoms with Crippen LogP contribution < -0.4 is 11.1 Å². The molecule has 3 rings (SSSR count). The number of carbonyl (C=O) groups excluding carboxylic acids is 1. The standard InChI is InChI=1S/C19H21N3O3/c1-20-18(23)15-9-7-14(8-10-15)13-21(2)11-12-22-16-5-3-4-6-17(16)25-19(22)24/h3-10H,11-13H2,1-2H3,(H,20,23). The molecular formula is C19H21N3O3. The lowest BCUT2D eigenvalue weighted by Gasteiger charge is -2.17. The summed E-state index contributed by atoms with van der Waals surface area (Å²) in [7, 11) is 3.62. The van der Waals surface area contributed by atoms with Gasteiger partial charge in [-0.25, -0.2) is 4.79 Å². The minimum Gasteiger partial charge on any atom is -0.408 e. The van der Waals surface area contributed by atoms with Crippen molar-refractivity contribution < 1.29 is 9.21 Å². The van der Waals surface area contributed by atoms with E-state index in [0.29, 0.717) is 24.2 Å². The molecule has 0 spiro atoms. The van der Waals surface area contributed by atoms with Crippen LogP contribution in [0.25, 0.3) is 11.1 Å². The quantitative estimate of drug-likeness (QED) is 0.747. The third-order valence-electron chi connectivity index (χ3n) is 4.17. The Balaban J connectivity index is 1.63. The van der Waals surface area contributed by atoms with Gasteiger partial charge in [-0.05, 0) is 36.9 Å². The lowest BCUT2D eigenvalue weighted by atomic mass is 10.1. The number of fused-ring (bicyclic) bond motifs is 1. The SMILES string of the molecule is CNC(=O)c1ccc(CN(C)CCn2c(=O)oc3ccccc32)cc1. The molecule has 0 saturated carbocycles. The second kappa shape index (κ2) is 7.36. The van der Waals surface area contributed by atoms with E-state index in [9.17, 15) is 9.59 Å². The molecule has 6 heteroatoms. The highest BCUT2D eigenvalue weighted by Crippen LogP contribution is 2.12. The summed E-state index contributed by atoms with van der Waals surface area (Å²) in [5.41, 5.74) is 3.18. The van der Waals surface area contributed by atoms with Gasteiger partial charge in [0.15, 0.2) is 5.58 Å². The maximum absolute atomic E-state index is 12.0. The Morgan fingerprint density at radius 1 is 1.16 bits per heavy atom. The van der Waals surface area contributed by atoms with Crippen LogP contribution in [-0.2, 0) is 13.1 Å². The normalized spacial score (nSPS) is 11.2. The Morgan fingerprint density at radius 2 is 1.88 bits per heavy atom. The van der Waals surface area contributed by atoms with Gasteiger partial charge in [-0.3, -0.25) is 9.36 Å². The van der Waals surface area contributed by atoms with Crippen molar-refractivity contribution in [1.29, 1.82) is 0 Å². The number of hydrogen-bond donors (Lipinski definition) is 1. The summed E-state index contributed by atoms with van der Waals surface area (Å²) < 4.78 is 6.90. The van der Waals surface area contributed by atoms with Crippen LogP contribution in [0.5, 0.6) is 0 Å². The first-order valence-electron chi connectivity index (χ1n) is 8.16. The number of rotatable bonds is 6. The molecule has 0 fully saturated rings. The molecule has 0 unspecified atom stereocenters. The van der Waals surface area contributed by atoms with E-state index in [1.807, 2.05) is 49.5 Å². The summed E-state index contributed by atoms with van der Waals surface area (Å²) in [5, 5.41) is 2.61.